The molecule has 0 bridgehead atoms. The highest BCUT2D eigenvalue weighted by Crippen LogP contribution is 2.22. The van der Waals surface area contributed by atoms with Gasteiger partial charge in [0.25, 0.3) is 0 Å². The first kappa shape index (κ1) is 11.6. The van der Waals surface area contributed by atoms with E-state index >= 15 is 0 Å². The summed E-state index contributed by atoms with van der Waals surface area (Å²) in [6.45, 7) is 6.34. The van der Waals surface area contributed by atoms with Crippen molar-refractivity contribution in [3.05, 3.63) is 35.6 Å². The molecular formula is C13H19FN2. The highest BCUT2D eigenvalue weighted by Gasteiger charge is 2.25. The predicted molar refractivity (Wildman–Crippen MR) is 64.0 cm³/mol. The molecule has 0 unspecified atom stereocenters. The molecule has 1 heterocycles. The second-order valence-corrected chi connectivity index (χ2v) is 4.97. The van der Waals surface area contributed by atoms with Gasteiger partial charge in [0.15, 0.2) is 0 Å². The minimum absolute atomic E-state index is 0.161. The highest BCUT2D eigenvalue weighted by molar-refractivity contribution is 5.18. The van der Waals surface area contributed by atoms with E-state index in [2.05, 4.69) is 17.6 Å². The second kappa shape index (κ2) is 4.93. The lowest BCUT2D eigenvalue weighted by atomic mass is 9.83. The molecule has 1 aliphatic rings. The van der Waals surface area contributed by atoms with Crippen LogP contribution in [0, 0.1) is 11.2 Å². The van der Waals surface area contributed by atoms with E-state index in [1.165, 1.54) is 17.7 Å². The molecule has 0 radical (unpaired) electrons. The molecule has 1 fully saturated rings. The zero-order valence-electron chi connectivity index (χ0n) is 9.72. The maximum Gasteiger partial charge on any atom is 0.123 e. The Bertz CT molecular complexity index is 326. The Morgan fingerprint density at radius 3 is 2.25 bits per heavy atom. The Labute approximate surface area is 96.2 Å². The summed E-state index contributed by atoms with van der Waals surface area (Å²) in [6.07, 6.45) is 0.979. The van der Waals surface area contributed by atoms with Gasteiger partial charge in [0.05, 0.1) is 0 Å². The number of hydrogen-bond acceptors (Lipinski definition) is 2. The van der Waals surface area contributed by atoms with Crippen LogP contribution in [0.2, 0.25) is 0 Å². The molecule has 2 N–H and O–H groups in total. The Morgan fingerprint density at radius 2 is 1.69 bits per heavy atom. The highest BCUT2D eigenvalue weighted by atomic mass is 19.1. The van der Waals surface area contributed by atoms with Crippen LogP contribution in [0.5, 0.6) is 0 Å². The fourth-order valence-electron chi connectivity index (χ4n) is 2.24. The van der Waals surface area contributed by atoms with Gasteiger partial charge >= 0.3 is 0 Å². The van der Waals surface area contributed by atoms with Gasteiger partial charge in [-0.2, -0.15) is 0 Å². The van der Waals surface area contributed by atoms with E-state index in [-0.39, 0.29) is 11.2 Å². The van der Waals surface area contributed by atoms with Crippen molar-refractivity contribution in [1.82, 2.24) is 10.6 Å². The van der Waals surface area contributed by atoms with Crippen LogP contribution in [0.15, 0.2) is 24.3 Å². The third kappa shape index (κ3) is 3.03. The summed E-state index contributed by atoms with van der Waals surface area (Å²) < 4.78 is 12.8. The van der Waals surface area contributed by atoms with Gasteiger partial charge in [-0.05, 0) is 29.5 Å². The lowest BCUT2D eigenvalue weighted by Gasteiger charge is -2.28. The molecule has 3 heteroatoms. The number of hydrogen-bond donors (Lipinski definition) is 2. The standard InChI is InChI=1S/C13H19FN2/c1-13(9-15-6-7-16-10-13)8-11-2-4-12(14)5-3-11/h2-5,15-16H,6-10H2,1H3. The molecule has 88 valence electrons. The fourth-order valence-corrected chi connectivity index (χ4v) is 2.24. The maximum atomic E-state index is 12.8. The largest absolute Gasteiger partial charge is 0.315 e. The molecule has 16 heavy (non-hydrogen) atoms. The molecule has 0 atom stereocenters. The number of nitrogens with one attached hydrogen (secondary N) is 2. The van der Waals surface area contributed by atoms with Crippen molar-refractivity contribution in [2.45, 2.75) is 13.3 Å². The van der Waals surface area contributed by atoms with Gasteiger partial charge in [-0.3, -0.25) is 0 Å². The molecule has 1 aromatic carbocycles. The lowest BCUT2D eigenvalue weighted by molar-refractivity contribution is 0.314. The van der Waals surface area contributed by atoms with Crippen LogP contribution in [0.3, 0.4) is 0 Å². The lowest BCUT2D eigenvalue weighted by Crippen LogP contribution is -2.37. The van der Waals surface area contributed by atoms with Crippen LogP contribution in [0.4, 0.5) is 4.39 Å². The van der Waals surface area contributed by atoms with Crippen molar-refractivity contribution in [2.24, 2.45) is 5.41 Å². The maximum absolute atomic E-state index is 12.8. The van der Waals surface area contributed by atoms with E-state index in [4.69, 9.17) is 0 Å². The van der Waals surface area contributed by atoms with Gasteiger partial charge < -0.3 is 10.6 Å². The van der Waals surface area contributed by atoms with Crippen molar-refractivity contribution < 1.29 is 4.39 Å². The van der Waals surface area contributed by atoms with Crippen LogP contribution in [-0.4, -0.2) is 26.2 Å². The molecule has 0 saturated carbocycles. The zero-order valence-corrected chi connectivity index (χ0v) is 9.72. The smallest absolute Gasteiger partial charge is 0.123 e. The molecule has 0 aromatic heterocycles. The number of halogens is 1. The Morgan fingerprint density at radius 1 is 1.12 bits per heavy atom. The first-order valence-electron chi connectivity index (χ1n) is 5.84. The van der Waals surface area contributed by atoms with Crippen LogP contribution in [0.25, 0.3) is 0 Å². The summed E-state index contributed by atoms with van der Waals surface area (Å²) in [6, 6.07) is 6.84. The molecule has 1 aromatic rings. The molecular weight excluding hydrogens is 203 g/mol. The summed E-state index contributed by atoms with van der Waals surface area (Å²) in [5.74, 6) is -0.161. The predicted octanol–water partition coefficient (Wildman–Crippen LogP) is 1.57. The first-order chi connectivity index (χ1) is 7.68. The van der Waals surface area contributed by atoms with E-state index in [0.29, 0.717) is 0 Å². The summed E-state index contributed by atoms with van der Waals surface area (Å²) >= 11 is 0. The summed E-state index contributed by atoms with van der Waals surface area (Å²) in [5.41, 5.74) is 1.42. The third-order valence-corrected chi connectivity index (χ3v) is 3.13. The monoisotopic (exact) mass is 222 g/mol. The van der Waals surface area contributed by atoms with Gasteiger partial charge in [0.2, 0.25) is 0 Å². The van der Waals surface area contributed by atoms with Gasteiger partial charge in [-0.1, -0.05) is 19.1 Å². The molecule has 2 rings (SSSR count). The molecule has 1 aliphatic heterocycles. The van der Waals surface area contributed by atoms with Crippen molar-refractivity contribution in [3.63, 3.8) is 0 Å². The SMILES string of the molecule is CC1(Cc2ccc(F)cc2)CNCCNC1. The minimum atomic E-state index is -0.161. The normalized spacial score (nSPS) is 20.4. The molecule has 0 spiro atoms. The van der Waals surface area contributed by atoms with Gasteiger partial charge in [-0.25, -0.2) is 4.39 Å². The Hall–Kier alpha value is -0.930. The van der Waals surface area contributed by atoms with Crippen LogP contribution in [0.1, 0.15) is 12.5 Å². The van der Waals surface area contributed by atoms with E-state index in [1.54, 1.807) is 0 Å². The topological polar surface area (TPSA) is 24.1 Å². The fraction of sp³-hybridized carbons (Fsp3) is 0.538. The van der Waals surface area contributed by atoms with E-state index < -0.39 is 0 Å². The Balaban J connectivity index is 2.04. The number of rotatable bonds is 2. The summed E-state index contributed by atoms with van der Waals surface area (Å²) in [7, 11) is 0. The molecule has 1 saturated heterocycles. The van der Waals surface area contributed by atoms with Gasteiger partial charge in [0, 0.05) is 26.2 Å². The number of benzene rings is 1. The Kier molecular flexibility index (Phi) is 3.56. The van der Waals surface area contributed by atoms with Crippen molar-refractivity contribution >= 4 is 0 Å². The molecule has 0 amide bonds. The third-order valence-electron chi connectivity index (χ3n) is 3.13. The second-order valence-electron chi connectivity index (χ2n) is 4.97. The van der Waals surface area contributed by atoms with Crippen molar-refractivity contribution in [3.8, 4) is 0 Å². The van der Waals surface area contributed by atoms with Crippen molar-refractivity contribution in [1.29, 1.82) is 0 Å². The zero-order chi connectivity index (χ0) is 11.4. The first-order valence-corrected chi connectivity index (χ1v) is 5.84. The average Bonchev–Trinajstić information content (AvgIpc) is 2.47. The summed E-state index contributed by atoms with van der Waals surface area (Å²) in [4.78, 5) is 0. The van der Waals surface area contributed by atoms with E-state index in [0.717, 1.165) is 32.6 Å². The van der Waals surface area contributed by atoms with Crippen molar-refractivity contribution in [2.75, 3.05) is 26.2 Å². The van der Waals surface area contributed by atoms with Crippen LogP contribution >= 0.6 is 0 Å². The van der Waals surface area contributed by atoms with Crippen LogP contribution in [-0.2, 0) is 6.42 Å². The quantitative estimate of drug-likeness (QED) is 0.793. The van der Waals surface area contributed by atoms with Crippen LogP contribution < -0.4 is 10.6 Å². The van der Waals surface area contributed by atoms with Gasteiger partial charge in [-0.15, -0.1) is 0 Å². The van der Waals surface area contributed by atoms with Gasteiger partial charge in [0.1, 0.15) is 5.82 Å². The molecule has 0 aliphatic carbocycles. The summed E-state index contributed by atoms with van der Waals surface area (Å²) in [5, 5.41) is 6.87. The molecule has 2 nitrogen and oxygen atoms in total. The minimum Gasteiger partial charge on any atom is -0.315 e. The van der Waals surface area contributed by atoms with E-state index in [9.17, 15) is 4.39 Å². The average molecular weight is 222 g/mol. The van der Waals surface area contributed by atoms with E-state index in [1.807, 2.05) is 12.1 Å².